The van der Waals surface area contributed by atoms with Crippen molar-refractivity contribution < 1.29 is 4.79 Å². The van der Waals surface area contributed by atoms with Crippen LogP contribution in [0.15, 0.2) is 18.2 Å². The van der Waals surface area contributed by atoms with Gasteiger partial charge in [-0.3, -0.25) is 0 Å². The average Bonchev–Trinajstić information content (AvgIpc) is 2.66. The molecule has 2 aliphatic carbocycles. The van der Waals surface area contributed by atoms with E-state index in [1.54, 1.807) is 0 Å². The van der Waals surface area contributed by atoms with Gasteiger partial charge in [-0.1, -0.05) is 6.07 Å². The molecule has 1 aromatic carbocycles. The number of benzene rings is 1. The number of nitrogen functional groups attached to an aromatic ring is 1. The number of hydrogen-bond donors (Lipinski definition) is 3. The van der Waals surface area contributed by atoms with Crippen molar-refractivity contribution in [2.45, 2.75) is 44.2 Å². The number of carbonyl (C=O) groups excluding carboxylic acids is 1. The third kappa shape index (κ3) is 2.15. The van der Waals surface area contributed by atoms with Crippen LogP contribution in [0.25, 0.3) is 0 Å². The molecule has 0 heterocycles. The predicted octanol–water partition coefficient (Wildman–Crippen LogP) is 2.11. The fourth-order valence-electron chi connectivity index (χ4n) is 2.73. The van der Waals surface area contributed by atoms with Crippen LogP contribution in [0.3, 0.4) is 0 Å². The first kappa shape index (κ1) is 11.4. The van der Waals surface area contributed by atoms with Crippen molar-refractivity contribution in [2.24, 2.45) is 0 Å². The van der Waals surface area contributed by atoms with Gasteiger partial charge in [0, 0.05) is 11.7 Å². The third-order valence-corrected chi connectivity index (χ3v) is 3.99. The fraction of sp³-hybridized carbons (Fsp3) is 0.500. The highest BCUT2D eigenvalue weighted by Gasteiger charge is 2.25. The van der Waals surface area contributed by atoms with Crippen LogP contribution in [0.4, 0.5) is 10.5 Å². The van der Waals surface area contributed by atoms with Crippen LogP contribution in [0.5, 0.6) is 0 Å². The minimum Gasteiger partial charge on any atom is -0.399 e. The Balaban J connectivity index is 1.63. The topological polar surface area (TPSA) is 67.1 Å². The highest BCUT2D eigenvalue weighted by Crippen LogP contribution is 2.32. The van der Waals surface area contributed by atoms with E-state index in [4.69, 9.17) is 5.73 Å². The number of anilines is 1. The van der Waals surface area contributed by atoms with E-state index in [9.17, 15) is 4.79 Å². The zero-order valence-electron chi connectivity index (χ0n) is 10.4. The van der Waals surface area contributed by atoms with E-state index in [1.165, 1.54) is 17.5 Å². The number of nitrogens with one attached hydrogen (secondary N) is 2. The van der Waals surface area contributed by atoms with Gasteiger partial charge in [-0.05, 0) is 55.4 Å². The molecule has 0 aromatic heterocycles. The molecule has 2 amide bonds. The number of fused-ring (bicyclic) bond motifs is 1. The lowest BCUT2D eigenvalue weighted by molar-refractivity contribution is 0.224. The molecule has 1 fully saturated rings. The van der Waals surface area contributed by atoms with Crippen molar-refractivity contribution in [2.75, 3.05) is 5.73 Å². The molecule has 4 heteroatoms. The molecule has 0 saturated heterocycles. The molecule has 18 heavy (non-hydrogen) atoms. The Morgan fingerprint density at radius 3 is 2.78 bits per heavy atom. The first-order chi connectivity index (χ1) is 8.72. The van der Waals surface area contributed by atoms with Crippen LogP contribution in [0.1, 0.15) is 42.9 Å². The normalized spacial score (nSPS) is 22.1. The summed E-state index contributed by atoms with van der Waals surface area (Å²) in [5.74, 6) is 0. The Hall–Kier alpha value is -1.71. The fourth-order valence-corrected chi connectivity index (χ4v) is 2.73. The number of carbonyl (C=O) groups is 1. The van der Waals surface area contributed by atoms with E-state index in [0.29, 0.717) is 6.04 Å². The van der Waals surface area contributed by atoms with E-state index >= 15 is 0 Å². The number of aryl methyl sites for hydroxylation is 1. The molecular weight excluding hydrogens is 226 g/mol. The molecule has 0 spiro atoms. The summed E-state index contributed by atoms with van der Waals surface area (Å²) in [6.45, 7) is 0. The van der Waals surface area contributed by atoms with E-state index in [2.05, 4.69) is 10.6 Å². The van der Waals surface area contributed by atoms with Gasteiger partial charge in [0.2, 0.25) is 0 Å². The van der Waals surface area contributed by atoms with Crippen LogP contribution >= 0.6 is 0 Å². The quantitative estimate of drug-likeness (QED) is 0.698. The van der Waals surface area contributed by atoms with Gasteiger partial charge in [0.05, 0.1) is 6.04 Å². The molecule has 3 rings (SSSR count). The Bertz CT molecular complexity index is 468. The number of rotatable bonds is 2. The first-order valence-corrected chi connectivity index (χ1v) is 6.68. The first-order valence-electron chi connectivity index (χ1n) is 6.68. The number of amides is 2. The summed E-state index contributed by atoms with van der Waals surface area (Å²) < 4.78 is 0. The SMILES string of the molecule is Nc1ccc2c(c1)CCC2NC(=O)NC1CCC1. The Morgan fingerprint density at radius 2 is 2.06 bits per heavy atom. The zero-order chi connectivity index (χ0) is 12.5. The summed E-state index contributed by atoms with van der Waals surface area (Å²) in [7, 11) is 0. The van der Waals surface area contributed by atoms with Gasteiger partial charge in [-0.2, -0.15) is 0 Å². The van der Waals surface area contributed by atoms with E-state index in [0.717, 1.165) is 31.4 Å². The second-order valence-electron chi connectivity index (χ2n) is 5.30. The minimum atomic E-state index is -0.0330. The van der Waals surface area contributed by atoms with Gasteiger partial charge in [-0.25, -0.2) is 4.79 Å². The van der Waals surface area contributed by atoms with Gasteiger partial charge in [-0.15, -0.1) is 0 Å². The number of nitrogens with two attached hydrogens (primary N) is 1. The molecule has 0 radical (unpaired) electrons. The number of urea groups is 1. The standard InChI is InChI=1S/C14H19N3O/c15-10-5-6-12-9(8-10)4-7-13(12)17-14(18)16-11-2-1-3-11/h5-6,8,11,13H,1-4,7,15H2,(H2,16,17,18). The molecule has 2 aliphatic rings. The highest BCUT2D eigenvalue weighted by atomic mass is 16.2. The predicted molar refractivity (Wildman–Crippen MR) is 71.2 cm³/mol. The molecule has 1 atom stereocenters. The maximum absolute atomic E-state index is 11.8. The van der Waals surface area contributed by atoms with Crippen molar-refractivity contribution in [3.8, 4) is 0 Å². The van der Waals surface area contributed by atoms with Crippen LogP contribution in [-0.2, 0) is 6.42 Å². The van der Waals surface area contributed by atoms with Crippen molar-refractivity contribution in [1.82, 2.24) is 10.6 Å². The molecular formula is C14H19N3O. The lowest BCUT2D eigenvalue weighted by Crippen LogP contribution is -2.45. The van der Waals surface area contributed by atoms with E-state index in [1.807, 2.05) is 18.2 Å². The molecule has 1 saturated carbocycles. The van der Waals surface area contributed by atoms with Crippen LogP contribution in [0.2, 0.25) is 0 Å². The van der Waals surface area contributed by atoms with Crippen molar-refractivity contribution >= 4 is 11.7 Å². The van der Waals surface area contributed by atoms with Gasteiger partial charge >= 0.3 is 6.03 Å². The largest absolute Gasteiger partial charge is 0.399 e. The van der Waals surface area contributed by atoms with Gasteiger partial charge in [0.15, 0.2) is 0 Å². The second kappa shape index (κ2) is 4.52. The number of hydrogen-bond acceptors (Lipinski definition) is 2. The van der Waals surface area contributed by atoms with E-state index in [-0.39, 0.29) is 12.1 Å². The van der Waals surface area contributed by atoms with Crippen LogP contribution in [0, 0.1) is 0 Å². The third-order valence-electron chi connectivity index (χ3n) is 3.99. The van der Waals surface area contributed by atoms with Crippen LogP contribution in [-0.4, -0.2) is 12.1 Å². The molecule has 1 unspecified atom stereocenters. The summed E-state index contributed by atoms with van der Waals surface area (Å²) in [5, 5.41) is 6.07. The van der Waals surface area contributed by atoms with Gasteiger partial charge in [0.1, 0.15) is 0 Å². The lowest BCUT2D eigenvalue weighted by atomic mass is 9.93. The minimum absolute atomic E-state index is 0.0330. The Kier molecular flexibility index (Phi) is 2.86. The highest BCUT2D eigenvalue weighted by molar-refractivity contribution is 5.75. The summed E-state index contributed by atoms with van der Waals surface area (Å²) in [5.41, 5.74) is 9.05. The molecule has 0 aliphatic heterocycles. The summed E-state index contributed by atoms with van der Waals surface area (Å²) >= 11 is 0. The van der Waals surface area contributed by atoms with E-state index < -0.39 is 0 Å². The van der Waals surface area contributed by atoms with Crippen molar-refractivity contribution in [3.63, 3.8) is 0 Å². The molecule has 0 bridgehead atoms. The summed E-state index contributed by atoms with van der Waals surface area (Å²) in [6, 6.07) is 6.45. The Labute approximate surface area is 107 Å². The lowest BCUT2D eigenvalue weighted by Gasteiger charge is -2.27. The van der Waals surface area contributed by atoms with Gasteiger partial charge < -0.3 is 16.4 Å². The summed E-state index contributed by atoms with van der Waals surface area (Å²) in [6.07, 6.45) is 5.43. The van der Waals surface area contributed by atoms with Crippen molar-refractivity contribution in [3.05, 3.63) is 29.3 Å². The second-order valence-corrected chi connectivity index (χ2v) is 5.30. The maximum Gasteiger partial charge on any atom is 0.315 e. The molecule has 96 valence electrons. The summed E-state index contributed by atoms with van der Waals surface area (Å²) in [4.78, 5) is 11.8. The molecule has 4 nitrogen and oxygen atoms in total. The molecule has 1 aromatic rings. The zero-order valence-corrected chi connectivity index (χ0v) is 10.4. The van der Waals surface area contributed by atoms with Crippen molar-refractivity contribution in [1.29, 1.82) is 0 Å². The molecule has 4 N–H and O–H groups in total. The van der Waals surface area contributed by atoms with Gasteiger partial charge in [0.25, 0.3) is 0 Å². The average molecular weight is 245 g/mol. The van der Waals surface area contributed by atoms with Crippen LogP contribution < -0.4 is 16.4 Å². The smallest absolute Gasteiger partial charge is 0.315 e. The Morgan fingerprint density at radius 1 is 1.22 bits per heavy atom. The maximum atomic E-state index is 11.8. The monoisotopic (exact) mass is 245 g/mol.